The molecule has 1 aromatic rings. The summed E-state index contributed by atoms with van der Waals surface area (Å²) in [5, 5.41) is 3.69. The highest BCUT2D eigenvalue weighted by Gasteiger charge is 2.40. The van der Waals surface area contributed by atoms with E-state index in [1.165, 1.54) is 0 Å². The topological polar surface area (TPSA) is 78.5 Å². The Balaban J connectivity index is 2.17. The molecule has 1 fully saturated rings. The Labute approximate surface area is 188 Å². The van der Waals surface area contributed by atoms with Crippen LogP contribution in [0.3, 0.4) is 0 Å². The third-order valence-corrected chi connectivity index (χ3v) is 7.15. The molecule has 0 aliphatic carbocycles. The van der Waals surface area contributed by atoms with Gasteiger partial charge in [0.1, 0.15) is 0 Å². The van der Waals surface area contributed by atoms with Crippen LogP contribution in [0.5, 0.6) is 0 Å². The maximum atomic E-state index is 13.2. The van der Waals surface area contributed by atoms with Crippen molar-refractivity contribution in [2.24, 2.45) is 0 Å². The highest BCUT2D eigenvalue weighted by molar-refractivity contribution is 7.89. The predicted octanol–water partition coefficient (Wildman–Crippen LogP) is 3.94. The Morgan fingerprint density at radius 3 is 2.23 bits per heavy atom. The summed E-state index contributed by atoms with van der Waals surface area (Å²) in [7, 11) is -3.47. The van der Waals surface area contributed by atoms with E-state index >= 15 is 0 Å². The van der Waals surface area contributed by atoms with E-state index in [-0.39, 0.29) is 27.9 Å². The number of carbonyl (C=O) groups excluding carboxylic acids is 1. The minimum absolute atomic E-state index is 0.0105. The molecule has 0 spiro atoms. The van der Waals surface area contributed by atoms with Crippen LogP contribution < -0.4 is 10.0 Å². The molecule has 1 aliphatic rings. The van der Waals surface area contributed by atoms with Crippen LogP contribution in [-0.2, 0) is 14.8 Å². The maximum absolute atomic E-state index is 13.2. The van der Waals surface area contributed by atoms with E-state index in [0.29, 0.717) is 6.54 Å². The SMILES string of the molecule is CCCCN(C(=O)/C=C/c1ccc(S(=O)(=O)NCC)cc1)C1CC(C)(C)NC(C)(C)C1. The van der Waals surface area contributed by atoms with Crippen molar-refractivity contribution in [3.63, 3.8) is 0 Å². The van der Waals surface area contributed by atoms with Gasteiger partial charge in [-0.1, -0.05) is 32.4 Å². The molecule has 0 bridgehead atoms. The molecule has 1 aliphatic heterocycles. The first-order valence-electron chi connectivity index (χ1n) is 11.3. The molecule has 31 heavy (non-hydrogen) atoms. The second-order valence-electron chi connectivity index (χ2n) is 9.74. The molecule has 1 amide bonds. The third kappa shape index (κ3) is 7.44. The molecule has 1 heterocycles. The maximum Gasteiger partial charge on any atom is 0.246 e. The molecule has 6 nitrogen and oxygen atoms in total. The standard InChI is InChI=1S/C24H39N3O3S/c1-7-9-16-27(20-17-23(3,4)26-24(5,6)18-20)22(28)15-12-19-10-13-21(14-11-19)31(29,30)25-8-2/h10-15,20,25-26H,7-9,16-18H2,1-6H3/b15-12+. The first kappa shape index (κ1) is 25.6. The summed E-state index contributed by atoms with van der Waals surface area (Å²) in [6, 6.07) is 6.76. The number of piperidine rings is 1. The number of unbranched alkanes of at least 4 members (excludes halogenated alkanes) is 1. The van der Waals surface area contributed by atoms with Crippen molar-refractivity contribution < 1.29 is 13.2 Å². The lowest BCUT2D eigenvalue weighted by atomic mass is 9.79. The van der Waals surface area contributed by atoms with E-state index in [1.807, 2.05) is 4.90 Å². The molecule has 1 saturated heterocycles. The second kappa shape index (κ2) is 10.3. The molecule has 0 unspecified atom stereocenters. The van der Waals surface area contributed by atoms with Gasteiger partial charge >= 0.3 is 0 Å². The van der Waals surface area contributed by atoms with Crippen molar-refractivity contribution in [2.75, 3.05) is 13.1 Å². The molecular weight excluding hydrogens is 410 g/mol. The molecule has 2 N–H and O–H groups in total. The molecule has 174 valence electrons. The van der Waals surface area contributed by atoms with Gasteiger partial charge in [-0.15, -0.1) is 0 Å². The van der Waals surface area contributed by atoms with Gasteiger partial charge in [0.05, 0.1) is 4.90 Å². The molecule has 1 aromatic carbocycles. The molecule has 7 heteroatoms. The molecule has 0 atom stereocenters. The summed E-state index contributed by atoms with van der Waals surface area (Å²) in [5.41, 5.74) is 0.730. The predicted molar refractivity (Wildman–Crippen MR) is 127 cm³/mol. The Hall–Kier alpha value is -1.70. The van der Waals surface area contributed by atoms with E-state index in [0.717, 1.165) is 37.8 Å². The van der Waals surface area contributed by atoms with E-state index < -0.39 is 10.0 Å². The van der Waals surface area contributed by atoms with Crippen molar-refractivity contribution in [2.45, 2.75) is 89.2 Å². The van der Waals surface area contributed by atoms with Gasteiger partial charge in [-0.05, 0) is 70.7 Å². The van der Waals surface area contributed by atoms with Crippen LogP contribution in [0, 0.1) is 0 Å². The minimum atomic E-state index is -3.47. The fourth-order valence-corrected chi connectivity index (χ4v) is 5.63. The molecule has 2 rings (SSSR count). The van der Waals surface area contributed by atoms with Crippen LogP contribution >= 0.6 is 0 Å². The van der Waals surface area contributed by atoms with E-state index in [2.05, 4.69) is 44.7 Å². The fraction of sp³-hybridized carbons (Fsp3) is 0.625. The molecular formula is C24H39N3O3S. The average Bonchev–Trinajstić information content (AvgIpc) is 2.64. The zero-order valence-corrected chi connectivity index (χ0v) is 20.7. The number of sulfonamides is 1. The number of benzene rings is 1. The number of nitrogens with zero attached hydrogens (tertiary/aromatic N) is 1. The van der Waals surface area contributed by atoms with Crippen LogP contribution in [0.25, 0.3) is 6.08 Å². The van der Waals surface area contributed by atoms with Crippen LogP contribution in [-0.4, -0.2) is 49.4 Å². The first-order valence-corrected chi connectivity index (χ1v) is 12.8. The molecule has 0 aromatic heterocycles. The number of nitrogens with one attached hydrogen (secondary N) is 2. The normalized spacial score (nSPS) is 18.9. The van der Waals surface area contributed by atoms with Gasteiger partial charge in [-0.3, -0.25) is 4.79 Å². The Kier molecular flexibility index (Phi) is 8.47. The summed E-state index contributed by atoms with van der Waals surface area (Å²) in [4.78, 5) is 15.4. The average molecular weight is 450 g/mol. The van der Waals surface area contributed by atoms with Gasteiger partial charge in [0, 0.05) is 36.3 Å². The number of hydrogen-bond acceptors (Lipinski definition) is 4. The monoisotopic (exact) mass is 449 g/mol. The quantitative estimate of drug-likeness (QED) is 0.560. The van der Waals surface area contributed by atoms with Gasteiger partial charge in [0.2, 0.25) is 15.9 Å². The van der Waals surface area contributed by atoms with E-state index in [4.69, 9.17) is 0 Å². The summed E-state index contributed by atoms with van der Waals surface area (Å²) in [6.45, 7) is 13.8. The van der Waals surface area contributed by atoms with Gasteiger partial charge in [-0.25, -0.2) is 13.1 Å². The van der Waals surface area contributed by atoms with Crippen LogP contribution in [0.4, 0.5) is 0 Å². The fourth-order valence-electron chi connectivity index (χ4n) is 4.58. The number of hydrogen-bond donors (Lipinski definition) is 2. The zero-order chi connectivity index (χ0) is 23.3. The Morgan fingerprint density at radius 1 is 1.13 bits per heavy atom. The number of amides is 1. The van der Waals surface area contributed by atoms with Gasteiger partial charge < -0.3 is 10.2 Å². The molecule has 0 radical (unpaired) electrons. The minimum Gasteiger partial charge on any atom is -0.336 e. The number of carbonyl (C=O) groups is 1. The first-order chi connectivity index (χ1) is 14.4. The highest BCUT2D eigenvalue weighted by atomic mass is 32.2. The van der Waals surface area contributed by atoms with E-state index in [9.17, 15) is 13.2 Å². The highest BCUT2D eigenvalue weighted by Crippen LogP contribution is 2.32. The van der Waals surface area contributed by atoms with Crippen LogP contribution in [0.15, 0.2) is 35.2 Å². The second-order valence-corrected chi connectivity index (χ2v) is 11.5. The lowest BCUT2D eigenvalue weighted by molar-refractivity contribution is -0.130. The Bertz CT molecular complexity index is 858. The summed E-state index contributed by atoms with van der Waals surface area (Å²) in [5.74, 6) is 0.0105. The van der Waals surface area contributed by atoms with Crippen molar-refractivity contribution in [3.05, 3.63) is 35.9 Å². The lowest BCUT2D eigenvalue weighted by Gasteiger charge is -2.49. The Morgan fingerprint density at radius 2 is 1.71 bits per heavy atom. The van der Waals surface area contributed by atoms with Crippen molar-refractivity contribution in [3.8, 4) is 0 Å². The number of rotatable bonds is 9. The van der Waals surface area contributed by atoms with Gasteiger partial charge in [0.25, 0.3) is 0 Å². The third-order valence-electron chi connectivity index (χ3n) is 5.59. The zero-order valence-electron chi connectivity index (χ0n) is 19.9. The van der Waals surface area contributed by atoms with E-state index in [1.54, 1.807) is 43.3 Å². The lowest BCUT2D eigenvalue weighted by Crippen LogP contribution is -2.62. The molecule has 0 saturated carbocycles. The summed E-state index contributed by atoms with van der Waals surface area (Å²) < 4.78 is 26.6. The van der Waals surface area contributed by atoms with Gasteiger partial charge in [-0.2, -0.15) is 0 Å². The summed E-state index contributed by atoms with van der Waals surface area (Å²) in [6.07, 6.45) is 7.22. The smallest absolute Gasteiger partial charge is 0.246 e. The van der Waals surface area contributed by atoms with Gasteiger partial charge in [0.15, 0.2) is 0 Å². The largest absolute Gasteiger partial charge is 0.336 e. The van der Waals surface area contributed by atoms with Crippen molar-refractivity contribution in [1.29, 1.82) is 0 Å². The van der Waals surface area contributed by atoms with Crippen molar-refractivity contribution in [1.82, 2.24) is 14.9 Å². The van der Waals surface area contributed by atoms with Crippen LogP contribution in [0.1, 0.15) is 72.8 Å². The van der Waals surface area contributed by atoms with Crippen LogP contribution in [0.2, 0.25) is 0 Å². The summed E-state index contributed by atoms with van der Waals surface area (Å²) >= 11 is 0. The van der Waals surface area contributed by atoms with Crippen molar-refractivity contribution >= 4 is 22.0 Å².